The van der Waals surface area contributed by atoms with E-state index in [4.69, 9.17) is 4.74 Å². The van der Waals surface area contributed by atoms with Crippen molar-refractivity contribution in [3.05, 3.63) is 54.0 Å². The molecular formula is C22H27FN4O3. The number of anilines is 2. The van der Waals surface area contributed by atoms with Crippen LogP contribution >= 0.6 is 0 Å². The van der Waals surface area contributed by atoms with Gasteiger partial charge >= 0.3 is 6.09 Å². The minimum absolute atomic E-state index is 0.181. The van der Waals surface area contributed by atoms with Crippen molar-refractivity contribution < 1.29 is 18.7 Å². The smallest absolute Gasteiger partial charge is 0.409 e. The molecule has 1 saturated heterocycles. The van der Waals surface area contributed by atoms with Crippen molar-refractivity contribution in [3.63, 3.8) is 0 Å². The van der Waals surface area contributed by atoms with Gasteiger partial charge in [0.25, 0.3) is 5.91 Å². The molecule has 160 valence electrons. The average molecular weight is 414 g/mol. The third-order valence-corrected chi connectivity index (χ3v) is 4.71. The molecule has 0 atom stereocenters. The van der Waals surface area contributed by atoms with Gasteiger partial charge in [0.05, 0.1) is 12.2 Å². The molecule has 0 saturated carbocycles. The van der Waals surface area contributed by atoms with E-state index in [0.29, 0.717) is 56.3 Å². The van der Waals surface area contributed by atoms with Crippen molar-refractivity contribution in [2.45, 2.75) is 20.3 Å². The summed E-state index contributed by atoms with van der Waals surface area (Å²) in [6.07, 6.45) is 1.90. The number of hydrogen-bond donors (Lipinski definition) is 1. The Labute approximate surface area is 175 Å². The largest absolute Gasteiger partial charge is 0.449 e. The lowest BCUT2D eigenvalue weighted by atomic mass is 10.2. The lowest BCUT2D eigenvalue weighted by Gasteiger charge is -2.23. The fourth-order valence-electron chi connectivity index (χ4n) is 3.18. The molecule has 1 aromatic heterocycles. The van der Waals surface area contributed by atoms with Gasteiger partial charge in [-0.25, -0.2) is 14.2 Å². The molecule has 1 fully saturated rings. The summed E-state index contributed by atoms with van der Waals surface area (Å²) in [5.74, 6) is 0.0827. The van der Waals surface area contributed by atoms with E-state index in [1.807, 2.05) is 13.8 Å². The molecule has 7 nitrogen and oxygen atoms in total. The van der Waals surface area contributed by atoms with Crippen LogP contribution in [0.1, 0.15) is 30.6 Å². The maximum Gasteiger partial charge on any atom is 0.409 e. The molecule has 1 aliphatic rings. The van der Waals surface area contributed by atoms with E-state index >= 15 is 0 Å². The van der Waals surface area contributed by atoms with Crippen molar-refractivity contribution in [1.29, 1.82) is 0 Å². The number of rotatable bonds is 5. The van der Waals surface area contributed by atoms with Gasteiger partial charge in [-0.05, 0) is 42.7 Å². The first-order valence-corrected chi connectivity index (χ1v) is 10.1. The maximum atomic E-state index is 13.5. The monoisotopic (exact) mass is 414 g/mol. The third-order valence-electron chi connectivity index (χ3n) is 4.71. The van der Waals surface area contributed by atoms with E-state index in [2.05, 4.69) is 10.3 Å². The summed E-state index contributed by atoms with van der Waals surface area (Å²) in [5.41, 5.74) is 0.912. The van der Waals surface area contributed by atoms with Crippen molar-refractivity contribution >= 4 is 23.5 Å². The highest BCUT2D eigenvalue weighted by Crippen LogP contribution is 2.21. The molecular weight excluding hydrogens is 387 g/mol. The molecule has 30 heavy (non-hydrogen) atoms. The van der Waals surface area contributed by atoms with Crippen LogP contribution in [0, 0.1) is 11.7 Å². The zero-order valence-corrected chi connectivity index (χ0v) is 17.3. The highest BCUT2D eigenvalue weighted by molar-refractivity contribution is 5.99. The topological polar surface area (TPSA) is 74.8 Å². The van der Waals surface area contributed by atoms with Crippen molar-refractivity contribution in [3.8, 4) is 0 Å². The number of carbonyl (C=O) groups excluding carboxylic acids is 2. The van der Waals surface area contributed by atoms with Crippen LogP contribution in [0.5, 0.6) is 0 Å². The Balaban J connectivity index is 1.67. The number of hydrogen-bond acceptors (Lipinski definition) is 5. The number of nitrogens with one attached hydrogen (secondary N) is 1. The van der Waals surface area contributed by atoms with E-state index < -0.39 is 0 Å². The minimum atomic E-state index is -0.374. The molecule has 2 heterocycles. The first-order valence-electron chi connectivity index (χ1n) is 10.1. The van der Waals surface area contributed by atoms with Gasteiger partial charge in [0, 0.05) is 38.1 Å². The fourth-order valence-corrected chi connectivity index (χ4v) is 3.18. The quantitative estimate of drug-likeness (QED) is 0.803. The van der Waals surface area contributed by atoms with Crippen LogP contribution in [0.3, 0.4) is 0 Å². The number of carbonyl (C=O) groups is 2. The maximum absolute atomic E-state index is 13.5. The second-order valence-corrected chi connectivity index (χ2v) is 7.64. The average Bonchev–Trinajstić information content (AvgIpc) is 2.98. The van der Waals surface area contributed by atoms with Crippen LogP contribution in [0.25, 0.3) is 0 Å². The lowest BCUT2D eigenvalue weighted by Crippen LogP contribution is -2.38. The molecule has 0 unspecified atom stereocenters. The summed E-state index contributed by atoms with van der Waals surface area (Å²) in [6.45, 7) is 6.24. The lowest BCUT2D eigenvalue weighted by molar-refractivity contribution is 0.0747. The molecule has 2 amide bonds. The van der Waals surface area contributed by atoms with Crippen LogP contribution in [0.4, 0.5) is 20.7 Å². The van der Waals surface area contributed by atoms with Gasteiger partial charge in [0.15, 0.2) is 0 Å². The SMILES string of the molecule is CC(C)COC(=O)N1CCCN(C(=O)c2cccnc2Nc2cccc(F)c2)CC1. The zero-order valence-electron chi connectivity index (χ0n) is 17.3. The standard InChI is InChI=1S/C22H27FN4O3/c1-16(2)15-30-22(29)27-11-5-10-26(12-13-27)21(28)19-8-4-9-24-20(19)25-18-7-3-6-17(23)14-18/h3-4,6-9,14,16H,5,10-13,15H2,1-2H3,(H,24,25). The first kappa shape index (κ1) is 21.5. The predicted octanol–water partition coefficient (Wildman–Crippen LogP) is 3.90. The third kappa shape index (κ3) is 5.68. The number of benzene rings is 1. The summed E-state index contributed by atoms with van der Waals surface area (Å²) in [5, 5.41) is 3.02. The zero-order chi connectivity index (χ0) is 21.5. The Morgan fingerprint density at radius 3 is 2.67 bits per heavy atom. The van der Waals surface area contributed by atoms with Crippen LogP contribution in [-0.2, 0) is 4.74 Å². The summed E-state index contributed by atoms with van der Waals surface area (Å²) >= 11 is 0. The number of halogens is 1. The second kappa shape index (κ2) is 10.0. The van der Waals surface area contributed by atoms with Crippen LogP contribution in [0.2, 0.25) is 0 Å². The van der Waals surface area contributed by atoms with Crippen LogP contribution in [-0.4, -0.2) is 59.6 Å². The highest BCUT2D eigenvalue weighted by atomic mass is 19.1. The molecule has 0 spiro atoms. The number of nitrogens with zero attached hydrogens (tertiary/aromatic N) is 3. The number of ether oxygens (including phenoxy) is 1. The molecule has 0 radical (unpaired) electrons. The van der Waals surface area contributed by atoms with E-state index in [1.165, 1.54) is 12.1 Å². The first-order chi connectivity index (χ1) is 14.4. The predicted molar refractivity (Wildman–Crippen MR) is 112 cm³/mol. The Morgan fingerprint density at radius 1 is 1.13 bits per heavy atom. The van der Waals surface area contributed by atoms with Gasteiger partial charge in [-0.2, -0.15) is 0 Å². The molecule has 8 heteroatoms. The number of aromatic nitrogens is 1. The Kier molecular flexibility index (Phi) is 7.21. The second-order valence-electron chi connectivity index (χ2n) is 7.64. The van der Waals surface area contributed by atoms with Crippen molar-refractivity contribution in [2.24, 2.45) is 5.92 Å². The highest BCUT2D eigenvalue weighted by Gasteiger charge is 2.25. The number of amides is 2. The summed E-state index contributed by atoms with van der Waals surface area (Å²) < 4.78 is 18.8. The van der Waals surface area contributed by atoms with Gasteiger partial charge < -0.3 is 19.9 Å². The van der Waals surface area contributed by atoms with Crippen LogP contribution in [0.15, 0.2) is 42.6 Å². The van der Waals surface area contributed by atoms with E-state index in [-0.39, 0.29) is 23.7 Å². The minimum Gasteiger partial charge on any atom is -0.449 e. The van der Waals surface area contributed by atoms with E-state index in [0.717, 1.165) is 0 Å². The Hall–Kier alpha value is -3.16. The summed E-state index contributed by atoms with van der Waals surface area (Å²) in [4.78, 5) is 33.0. The van der Waals surface area contributed by atoms with Gasteiger partial charge in [0.2, 0.25) is 0 Å². The fraction of sp³-hybridized carbons (Fsp3) is 0.409. The Morgan fingerprint density at radius 2 is 1.90 bits per heavy atom. The molecule has 2 aromatic rings. The van der Waals surface area contributed by atoms with Gasteiger partial charge in [-0.15, -0.1) is 0 Å². The van der Waals surface area contributed by atoms with Crippen molar-refractivity contribution in [1.82, 2.24) is 14.8 Å². The summed E-state index contributed by atoms with van der Waals surface area (Å²) in [7, 11) is 0. The molecule has 3 rings (SSSR count). The number of pyridine rings is 1. The van der Waals surface area contributed by atoms with Gasteiger partial charge in [-0.3, -0.25) is 4.79 Å². The van der Waals surface area contributed by atoms with E-state index in [1.54, 1.807) is 40.3 Å². The molecule has 1 aliphatic heterocycles. The van der Waals surface area contributed by atoms with Gasteiger partial charge in [0.1, 0.15) is 11.6 Å². The van der Waals surface area contributed by atoms with E-state index in [9.17, 15) is 14.0 Å². The molecule has 1 N–H and O–H groups in total. The normalized spacial score (nSPS) is 14.4. The molecule has 0 bridgehead atoms. The summed E-state index contributed by atoms with van der Waals surface area (Å²) in [6, 6.07) is 9.37. The van der Waals surface area contributed by atoms with Crippen molar-refractivity contribution in [2.75, 3.05) is 38.1 Å². The molecule has 0 aliphatic carbocycles. The van der Waals surface area contributed by atoms with Crippen LogP contribution < -0.4 is 5.32 Å². The van der Waals surface area contributed by atoms with Gasteiger partial charge in [-0.1, -0.05) is 19.9 Å². The Bertz CT molecular complexity index is 890. The molecule has 1 aromatic carbocycles.